The molecule has 0 bridgehead atoms. The molecule has 3 aliphatic rings. The van der Waals surface area contributed by atoms with Crippen LogP contribution in [-0.4, -0.2) is 86.7 Å². The van der Waals surface area contributed by atoms with E-state index in [1.54, 1.807) is 0 Å². The molecule has 5 rings (SSSR count). The SMILES string of the molecule is N[C@H](CF)C1CCC(C(=O)N2CC[C@@H](N3CCCCC3)[C@H]2C(=O)Nc2ccc(-c3nn[nH]n3)cc2)CC1. The number of alkyl halides is 1. The number of anilines is 1. The number of carbonyl (C=O) groups excluding carboxylic acids is 2. The topological polar surface area (TPSA) is 133 Å². The first-order valence-corrected chi connectivity index (χ1v) is 13.6. The molecular formula is C26H37FN8O2. The zero-order valence-electron chi connectivity index (χ0n) is 21.2. The van der Waals surface area contributed by atoms with E-state index in [1.165, 1.54) is 6.42 Å². The van der Waals surface area contributed by atoms with E-state index in [9.17, 15) is 14.0 Å². The number of H-pyrrole nitrogens is 1. The molecule has 3 heterocycles. The van der Waals surface area contributed by atoms with Gasteiger partial charge in [0.2, 0.25) is 17.6 Å². The molecule has 2 aliphatic heterocycles. The van der Waals surface area contributed by atoms with Gasteiger partial charge in [0, 0.05) is 35.8 Å². The molecule has 0 radical (unpaired) electrons. The molecule has 2 aromatic rings. The van der Waals surface area contributed by atoms with Gasteiger partial charge in [-0.05, 0) is 93.4 Å². The first-order chi connectivity index (χ1) is 18.0. The van der Waals surface area contributed by atoms with E-state index in [2.05, 4.69) is 30.8 Å². The Kier molecular flexibility index (Phi) is 8.09. The predicted molar refractivity (Wildman–Crippen MR) is 137 cm³/mol. The standard InChI is InChI=1S/C26H37FN8O2/c27-16-21(28)17-4-6-19(7-5-17)26(37)35-15-12-22(34-13-2-1-3-14-34)23(35)25(36)29-20-10-8-18(9-11-20)24-30-32-33-31-24/h8-11,17,19,21-23H,1-7,12-16,28H2,(H,29,36)(H,30,31,32,33)/t17?,19?,21-,22-,23+/m1/s1. The minimum Gasteiger partial charge on any atom is -0.329 e. The Balaban J connectivity index is 1.30. The van der Waals surface area contributed by atoms with Gasteiger partial charge in [0.1, 0.15) is 12.7 Å². The van der Waals surface area contributed by atoms with Crippen molar-refractivity contribution in [3.8, 4) is 11.4 Å². The highest BCUT2D eigenvalue weighted by Crippen LogP contribution is 2.35. The van der Waals surface area contributed by atoms with Crippen LogP contribution in [0.1, 0.15) is 51.4 Å². The maximum atomic E-state index is 13.7. The van der Waals surface area contributed by atoms with Crippen molar-refractivity contribution in [3.63, 3.8) is 0 Å². The largest absolute Gasteiger partial charge is 0.329 e. The van der Waals surface area contributed by atoms with Crippen molar-refractivity contribution in [2.75, 3.05) is 31.6 Å². The van der Waals surface area contributed by atoms with E-state index in [0.717, 1.165) is 50.8 Å². The smallest absolute Gasteiger partial charge is 0.248 e. The number of nitrogens with zero attached hydrogens (tertiary/aromatic N) is 5. The van der Waals surface area contributed by atoms with Crippen LogP contribution in [0.25, 0.3) is 11.4 Å². The number of likely N-dealkylation sites (tertiary alicyclic amines) is 2. The summed E-state index contributed by atoms with van der Waals surface area (Å²) in [7, 11) is 0. The fraction of sp³-hybridized carbons (Fsp3) is 0.654. The summed E-state index contributed by atoms with van der Waals surface area (Å²) in [6.07, 6.45) is 7.16. The monoisotopic (exact) mass is 512 g/mol. The molecule has 2 saturated heterocycles. The number of hydrogen-bond donors (Lipinski definition) is 3. The van der Waals surface area contributed by atoms with Crippen LogP contribution in [0.15, 0.2) is 24.3 Å². The van der Waals surface area contributed by atoms with E-state index in [4.69, 9.17) is 5.73 Å². The summed E-state index contributed by atoms with van der Waals surface area (Å²) >= 11 is 0. The molecule has 1 saturated carbocycles. The normalized spacial score (nSPS) is 27.7. The number of nitrogens with one attached hydrogen (secondary N) is 2. The Morgan fingerprint density at radius 3 is 2.43 bits per heavy atom. The molecule has 3 atom stereocenters. The predicted octanol–water partition coefficient (Wildman–Crippen LogP) is 2.36. The van der Waals surface area contributed by atoms with Gasteiger partial charge in [-0.15, -0.1) is 10.2 Å². The Labute approximate surface area is 216 Å². The minimum absolute atomic E-state index is 0.0131. The van der Waals surface area contributed by atoms with Gasteiger partial charge in [0.05, 0.1) is 0 Å². The van der Waals surface area contributed by atoms with Gasteiger partial charge in [-0.1, -0.05) is 6.42 Å². The van der Waals surface area contributed by atoms with Gasteiger partial charge < -0.3 is 16.0 Å². The molecule has 1 aromatic heterocycles. The first kappa shape index (κ1) is 25.7. The lowest BCUT2D eigenvalue weighted by Crippen LogP contribution is -2.55. The van der Waals surface area contributed by atoms with Crippen LogP contribution < -0.4 is 11.1 Å². The number of tetrazole rings is 1. The summed E-state index contributed by atoms with van der Waals surface area (Å²) in [6.45, 7) is 1.98. The summed E-state index contributed by atoms with van der Waals surface area (Å²) in [5.74, 6) is 0.384. The van der Waals surface area contributed by atoms with Crippen molar-refractivity contribution in [3.05, 3.63) is 24.3 Å². The van der Waals surface area contributed by atoms with Crippen LogP contribution in [0.5, 0.6) is 0 Å². The molecule has 37 heavy (non-hydrogen) atoms. The number of halogens is 1. The number of nitrogens with two attached hydrogens (primary N) is 1. The Bertz CT molecular complexity index is 1040. The van der Waals surface area contributed by atoms with Crippen molar-refractivity contribution in [1.29, 1.82) is 0 Å². The summed E-state index contributed by atoms with van der Waals surface area (Å²) in [4.78, 5) is 31.7. The highest BCUT2D eigenvalue weighted by molar-refractivity contribution is 5.98. The summed E-state index contributed by atoms with van der Waals surface area (Å²) < 4.78 is 13.0. The Morgan fingerprint density at radius 2 is 1.78 bits per heavy atom. The number of rotatable bonds is 7. The maximum Gasteiger partial charge on any atom is 0.248 e. The quantitative estimate of drug-likeness (QED) is 0.519. The first-order valence-electron chi connectivity index (χ1n) is 13.6. The third-order valence-electron chi connectivity index (χ3n) is 8.44. The molecule has 200 valence electrons. The highest BCUT2D eigenvalue weighted by Gasteiger charge is 2.46. The number of hydrogen-bond acceptors (Lipinski definition) is 7. The lowest BCUT2D eigenvalue weighted by Gasteiger charge is -2.38. The minimum atomic E-state index is -0.534. The second-order valence-corrected chi connectivity index (χ2v) is 10.7. The number of piperidine rings is 1. The lowest BCUT2D eigenvalue weighted by atomic mass is 9.78. The third kappa shape index (κ3) is 5.67. The average molecular weight is 513 g/mol. The summed E-state index contributed by atoms with van der Waals surface area (Å²) in [5.41, 5.74) is 7.38. The lowest BCUT2D eigenvalue weighted by molar-refractivity contribution is -0.142. The van der Waals surface area contributed by atoms with E-state index in [-0.39, 0.29) is 29.7 Å². The Morgan fingerprint density at radius 1 is 1.05 bits per heavy atom. The van der Waals surface area contributed by atoms with Gasteiger partial charge in [0.15, 0.2) is 0 Å². The number of carbonyl (C=O) groups is 2. The van der Waals surface area contributed by atoms with E-state index in [0.29, 0.717) is 30.9 Å². The van der Waals surface area contributed by atoms with Crippen LogP contribution >= 0.6 is 0 Å². The van der Waals surface area contributed by atoms with Gasteiger partial charge in [0.25, 0.3) is 0 Å². The molecular weight excluding hydrogens is 475 g/mol. The van der Waals surface area contributed by atoms with E-state index in [1.807, 2.05) is 29.2 Å². The molecule has 3 fully saturated rings. The molecule has 0 spiro atoms. The fourth-order valence-corrected chi connectivity index (χ4v) is 6.33. The van der Waals surface area contributed by atoms with Gasteiger partial charge >= 0.3 is 0 Å². The van der Waals surface area contributed by atoms with Crippen molar-refractivity contribution in [1.82, 2.24) is 30.4 Å². The molecule has 1 aromatic carbocycles. The van der Waals surface area contributed by atoms with Crippen LogP contribution in [0, 0.1) is 11.8 Å². The average Bonchev–Trinajstić information content (AvgIpc) is 3.64. The number of aromatic amines is 1. The number of amides is 2. The van der Waals surface area contributed by atoms with E-state index < -0.39 is 18.8 Å². The molecule has 4 N–H and O–H groups in total. The number of aromatic nitrogens is 4. The van der Waals surface area contributed by atoms with Gasteiger partial charge in [-0.25, -0.2) is 4.39 Å². The summed E-state index contributed by atoms with van der Waals surface area (Å²) in [5, 5.41) is 17.1. The second kappa shape index (κ2) is 11.6. The van der Waals surface area contributed by atoms with Crippen LogP contribution in [-0.2, 0) is 9.59 Å². The molecule has 10 nitrogen and oxygen atoms in total. The van der Waals surface area contributed by atoms with Crippen LogP contribution in [0.3, 0.4) is 0 Å². The molecule has 2 amide bonds. The summed E-state index contributed by atoms with van der Waals surface area (Å²) in [6, 6.07) is 6.33. The maximum absolute atomic E-state index is 13.7. The van der Waals surface area contributed by atoms with Crippen molar-refractivity contribution < 1.29 is 14.0 Å². The van der Waals surface area contributed by atoms with E-state index >= 15 is 0 Å². The van der Waals surface area contributed by atoms with Gasteiger partial charge in [-0.3, -0.25) is 14.5 Å². The zero-order valence-corrected chi connectivity index (χ0v) is 21.2. The van der Waals surface area contributed by atoms with Gasteiger partial charge in [-0.2, -0.15) is 5.21 Å². The number of benzene rings is 1. The zero-order chi connectivity index (χ0) is 25.8. The van der Waals surface area contributed by atoms with Crippen LogP contribution in [0.4, 0.5) is 10.1 Å². The Hall–Kier alpha value is -2.92. The molecule has 11 heteroatoms. The third-order valence-corrected chi connectivity index (χ3v) is 8.44. The van der Waals surface area contributed by atoms with Crippen LogP contribution in [0.2, 0.25) is 0 Å². The van der Waals surface area contributed by atoms with Crippen molar-refractivity contribution in [2.45, 2.75) is 69.5 Å². The second-order valence-electron chi connectivity index (χ2n) is 10.7. The van der Waals surface area contributed by atoms with Crippen molar-refractivity contribution >= 4 is 17.5 Å². The molecule has 1 aliphatic carbocycles. The highest BCUT2D eigenvalue weighted by atomic mass is 19.1. The molecule has 0 unspecified atom stereocenters. The fourth-order valence-electron chi connectivity index (χ4n) is 6.33. The van der Waals surface area contributed by atoms with Crippen molar-refractivity contribution in [2.24, 2.45) is 17.6 Å².